The second-order valence-corrected chi connectivity index (χ2v) is 7.09. The maximum Gasteiger partial charge on any atom is 0.318 e. The first-order valence-corrected chi connectivity index (χ1v) is 9.72. The van der Waals surface area contributed by atoms with Crippen molar-refractivity contribution in [1.29, 1.82) is 0 Å². The fourth-order valence-electron chi connectivity index (χ4n) is 3.95. The second-order valence-electron chi connectivity index (χ2n) is 7.09. The van der Waals surface area contributed by atoms with Crippen LogP contribution in [0.2, 0.25) is 0 Å². The lowest BCUT2D eigenvalue weighted by Crippen LogP contribution is -2.58. The van der Waals surface area contributed by atoms with Crippen LogP contribution in [0.4, 0.5) is 4.79 Å². The zero-order valence-electron chi connectivity index (χ0n) is 16.1. The number of likely N-dealkylation sites (N-methyl/N-ethyl adjacent to an activating group) is 2. The van der Waals surface area contributed by atoms with E-state index in [1.165, 1.54) is 0 Å². The molecular formula is C18H32N4O4. The van der Waals surface area contributed by atoms with Crippen molar-refractivity contribution in [2.75, 3.05) is 32.7 Å². The van der Waals surface area contributed by atoms with Gasteiger partial charge in [-0.05, 0) is 46.1 Å². The highest BCUT2D eigenvalue weighted by molar-refractivity contribution is 5.87. The van der Waals surface area contributed by atoms with Crippen molar-refractivity contribution in [3.8, 4) is 0 Å². The zero-order chi connectivity index (χ0) is 19.3. The van der Waals surface area contributed by atoms with E-state index in [0.717, 1.165) is 25.7 Å². The van der Waals surface area contributed by atoms with Crippen LogP contribution in [0.15, 0.2) is 0 Å². The topological polar surface area (TPSA) is 93.2 Å². The number of likely N-dealkylation sites (tertiary alicyclic amines) is 1. The standard InChI is InChI=1S/C18H32N4O4/c1-4-20(5-2)17(25)15-8-7-9-22(15)18(26)19-13-10-14(11-13)21(6-3)12-16(23)24/h13-15H,4-12H2,1-3H3,(H,19,26)(H,23,24). The summed E-state index contributed by atoms with van der Waals surface area (Å²) in [5.74, 6) is -0.790. The number of aliphatic carboxylic acids is 1. The summed E-state index contributed by atoms with van der Waals surface area (Å²) in [6.07, 6.45) is 3.09. The molecule has 0 aromatic rings. The molecule has 1 aliphatic heterocycles. The summed E-state index contributed by atoms with van der Waals surface area (Å²) in [6.45, 7) is 8.49. The van der Waals surface area contributed by atoms with E-state index in [2.05, 4.69) is 5.32 Å². The van der Waals surface area contributed by atoms with Crippen LogP contribution >= 0.6 is 0 Å². The number of carbonyl (C=O) groups excluding carboxylic acids is 2. The number of nitrogens with zero attached hydrogens (tertiary/aromatic N) is 3. The third kappa shape index (κ3) is 4.66. The molecule has 1 saturated carbocycles. The molecule has 3 amide bonds. The van der Waals surface area contributed by atoms with Crippen molar-refractivity contribution in [2.45, 2.75) is 64.6 Å². The number of hydrogen-bond acceptors (Lipinski definition) is 4. The van der Waals surface area contributed by atoms with Crippen LogP contribution in [0, 0.1) is 0 Å². The minimum atomic E-state index is -0.825. The maximum atomic E-state index is 12.6. The van der Waals surface area contributed by atoms with E-state index in [9.17, 15) is 14.4 Å². The van der Waals surface area contributed by atoms with Gasteiger partial charge in [0, 0.05) is 31.7 Å². The number of nitrogens with one attached hydrogen (secondary N) is 1. The summed E-state index contributed by atoms with van der Waals surface area (Å²) in [7, 11) is 0. The van der Waals surface area contributed by atoms with Crippen LogP contribution in [0.5, 0.6) is 0 Å². The molecule has 2 N–H and O–H groups in total. The molecule has 1 atom stereocenters. The summed E-state index contributed by atoms with van der Waals surface area (Å²) < 4.78 is 0. The van der Waals surface area contributed by atoms with Crippen molar-refractivity contribution < 1.29 is 19.5 Å². The highest BCUT2D eigenvalue weighted by Crippen LogP contribution is 2.27. The average Bonchev–Trinajstić information content (AvgIpc) is 3.06. The molecule has 1 aliphatic carbocycles. The fourth-order valence-corrected chi connectivity index (χ4v) is 3.95. The van der Waals surface area contributed by atoms with Crippen LogP contribution in [0.25, 0.3) is 0 Å². The molecule has 2 aliphatic rings. The molecule has 1 saturated heterocycles. The van der Waals surface area contributed by atoms with Gasteiger partial charge in [0.2, 0.25) is 5.91 Å². The molecule has 2 fully saturated rings. The van der Waals surface area contributed by atoms with Crippen LogP contribution in [-0.4, -0.2) is 88.6 Å². The minimum Gasteiger partial charge on any atom is -0.480 e. The third-order valence-electron chi connectivity index (χ3n) is 5.58. The quantitative estimate of drug-likeness (QED) is 0.666. The summed E-state index contributed by atoms with van der Waals surface area (Å²) >= 11 is 0. The summed E-state index contributed by atoms with van der Waals surface area (Å²) in [5.41, 5.74) is 0. The molecule has 148 valence electrons. The molecule has 1 heterocycles. The van der Waals surface area contributed by atoms with Gasteiger partial charge < -0.3 is 20.2 Å². The van der Waals surface area contributed by atoms with Crippen molar-refractivity contribution in [2.24, 2.45) is 0 Å². The Labute approximate surface area is 155 Å². The van der Waals surface area contributed by atoms with E-state index in [1.807, 2.05) is 25.7 Å². The van der Waals surface area contributed by atoms with Gasteiger partial charge in [-0.25, -0.2) is 4.79 Å². The lowest BCUT2D eigenvalue weighted by atomic mass is 9.85. The first-order valence-electron chi connectivity index (χ1n) is 9.72. The Hall–Kier alpha value is -1.83. The number of amides is 3. The number of carbonyl (C=O) groups is 3. The highest BCUT2D eigenvalue weighted by atomic mass is 16.4. The van der Waals surface area contributed by atoms with E-state index >= 15 is 0 Å². The predicted molar refractivity (Wildman–Crippen MR) is 97.9 cm³/mol. The Bertz CT molecular complexity index is 517. The Morgan fingerprint density at radius 2 is 1.77 bits per heavy atom. The predicted octanol–water partition coefficient (Wildman–Crippen LogP) is 0.966. The summed E-state index contributed by atoms with van der Waals surface area (Å²) in [5, 5.41) is 12.0. The van der Waals surface area contributed by atoms with Crippen LogP contribution in [0.3, 0.4) is 0 Å². The first-order chi connectivity index (χ1) is 12.4. The summed E-state index contributed by atoms with van der Waals surface area (Å²) in [6, 6.07) is -0.268. The number of rotatable bonds is 8. The maximum absolute atomic E-state index is 12.6. The lowest BCUT2D eigenvalue weighted by Gasteiger charge is -2.43. The molecule has 0 bridgehead atoms. The minimum absolute atomic E-state index is 0.0350. The van der Waals surface area contributed by atoms with Crippen molar-refractivity contribution in [1.82, 2.24) is 20.0 Å². The monoisotopic (exact) mass is 368 g/mol. The van der Waals surface area contributed by atoms with Crippen LogP contribution in [-0.2, 0) is 9.59 Å². The van der Waals surface area contributed by atoms with Crippen molar-refractivity contribution in [3.05, 3.63) is 0 Å². The third-order valence-corrected chi connectivity index (χ3v) is 5.58. The first kappa shape index (κ1) is 20.5. The zero-order valence-corrected chi connectivity index (χ0v) is 16.1. The van der Waals surface area contributed by atoms with E-state index < -0.39 is 5.97 Å². The van der Waals surface area contributed by atoms with Gasteiger partial charge >= 0.3 is 12.0 Å². The summed E-state index contributed by atoms with van der Waals surface area (Å²) in [4.78, 5) is 41.5. The van der Waals surface area contributed by atoms with E-state index in [1.54, 1.807) is 9.80 Å². The van der Waals surface area contributed by atoms with E-state index in [-0.39, 0.29) is 36.6 Å². The van der Waals surface area contributed by atoms with Crippen molar-refractivity contribution in [3.63, 3.8) is 0 Å². The molecule has 2 rings (SSSR count). The van der Waals surface area contributed by atoms with Gasteiger partial charge in [-0.3, -0.25) is 14.5 Å². The average molecular weight is 368 g/mol. The highest BCUT2D eigenvalue weighted by Gasteiger charge is 2.39. The molecule has 0 spiro atoms. The smallest absolute Gasteiger partial charge is 0.318 e. The largest absolute Gasteiger partial charge is 0.480 e. The molecule has 8 heteroatoms. The Morgan fingerprint density at radius 3 is 2.31 bits per heavy atom. The van der Waals surface area contributed by atoms with Crippen LogP contribution < -0.4 is 5.32 Å². The van der Waals surface area contributed by atoms with Gasteiger partial charge in [0.15, 0.2) is 0 Å². The number of carboxylic acids is 1. The Balaban J connectivity index is 1.84. The van der Waals surface area contributed by atoms with Gasteiger partial charge in [-0.2, -0.15) is 0 Å². The fraction of sp³-hybridized carbons (Fsp3) is 0.833. The van der Waals surface area contributed by atoms with Crippen LogP contribution in [0.1, 0.15) is 46.5 Å². The normalized spacial score (nSPS) is 25.1. The van der Waals surface area contributed by atoms with Gasteiger partial charge in [0.05, 0.1) is 6.54 Å². The van der Waals surface area contributed by atoms with E-state index in [0.29, 0.717) is 26.2 Å². The molecule has 1 unspecified atom stereocenters. The SMILES string of the molecule is CCN(CC)C(=O)C1CCCN1C(=O)NC1CC(N(CC)CC(=O)O)C1. The van der Waals surface area contributed by atoms with Gasteiger partial charge in [-0.15, -0.1) is 0 Å². The van der Waals surface area contributed by atoms with E-state index in [4.69, 9.17) is 5.11 Å². The molecule has 0 aromatic carbocycles. The number of hydrogen-bond donors (Lipinski definition) is 2. The lowest BCUT2D eigenvalue weighted by molar-refractivity contribution is -0.139. The number of urea groups is 1. The van der Waals surface area contributed by atoms with Gasteiger partial charge in [0.1, 0.15) is 6.04 Å². The van der Waals surface area contributed by atoms with Gasteiger partial charge in [-0.1, -0.05) is 6.92 Å². The molecular weight excluding hydrogens is 336 g/mol. The molecule has 0 aromatic heterocycles. The Morgan fingerprint density at radius 1 is 1.12 bits per heavy atom. The molecule has 0 radical (unpaired) electrons. The van der Waals surface area contributed by atoms with Gasteiger partial charge in [0.25, 0.3) is 0 Å². The second kappa shape index (κ2) is 9.21. The Kier molecular flexibility index (Phi) is 7.25. The van der Waals surface area contributed by atoms with Crippen molar-refractivity contribution >= 4 is 17.9 Å². The molecule has 26 heavy (non-hydrogen) atoms. The number of carboxylic acid groups (broad SMARTS) is 1. The molecule has 8 nitrogen and oxygen atoms in total.